The monoisotopic (exact) mass is 291 g/mol. The highest BCUT2D eigenvalue weighted by Crippen LogP contribution is 2.35. The molecule has 0 radical (unpaired) electrons. The van der Waals surface area contributed by atoms with E-state index in [0.717, 1.165) is 0 Å². The van der Waals surface area contributed by atoms with E-state index in [9.17, 15) is 14.7 Å². The highest BCUT2D eigenvalue weighted by molar-refractivity contribution is 6.30. The van der Waals surface area contributed by atoms with Crippen molar-refractivity contribution in [1.29, 1.82) is 0 Å². The predicted molar refractivity (Wildman–Crippen MR) is 72.5 cm³/mol. The van der Waals surface area contributed by atoms with Crippen LogP contribution in [0.5, 0.6) is 0 Å². The molecule has 3 rings (SSSR count). The van der Waals surface area contributed by atoms with Crippen molar-refractivity contribution < 1.29 is 19.4 Å². The molecule has 20 heavy (non-hydrogen) atoms. The smallest absolute Gasteiger partial charge is 0.335 e. The van der Waals surface area contributed by atoms with E-state index in [1.165, 1.54) is 0 Å². The lowest BCUT2D eigenvalue weighted by Crippen LogP contribution is -2.24. The molecule has 0 aliphatic carbocycles. The summed E-state index contributed by atoms with van der Waals surface area (Å²) in [5.74, 6) is -1.61. The van der Waals surface area contributed by atoms with Crippen LogP contribution in [0.1, 0.15) is 0 Å². The van der Waals surface area contributed by atoms with Gasteiger partial charge in [-0.25, -0.2) is 4.79 Å². The van der Waals surface area contributed by atoms with Crippen molar-refractivity contribution in [3.8, 4) is 0 Å². The molecular weight excluding hydrogens is 282 g/mol. The third-order valence-corrected chi connectivity index (χ3v) is 3.44. The molecule has 0 unspecified atom stereocenters. The number of halogens is 1. The molecule has 2 heterocycles. The van der Waals surface area contributed by atoms with Gasteiger partial charge in [0, 0.05) is 10.7 Å². The standard InChI is InChI=1S/C14H10ClNO4/c15-7-1-3-8(4-2-7)16-13(17)11-9-5-6-10(20-9)12(11)14(18)19/h1-6,9-10H,(H,16,17)(H,18,19)/t9-,10+/m1/s1. The summed E-state index contributed by atoms with van der Waals surface area (Å²) in [6.45, 7) is 0. The van der Waals surface area contributed by atoms with Crippen molar-refractivity contribution in [3.05, 3.63) is 52.6 Å². The molecule has 2 atom stereocenters. The highest BCUT2D eigenvalue weighted by Gasteiger charge is 2.42. The number of carbonyl (C=O) groups is 2. The van der Waals surface area contributed by atoms with Crippen LogP contribution in [-0.4, -0.2) is 29.2 Å². The van der Waals surface area contributed by atoms with Gasteiger partial charge < -0.3 is 15.2 Å². The average molecular weight is 292 g/mol. The molecule has 0 aromatic heterocycles. The first-order valence-corrected chi connectivity index (χ1v) is 6.32. The van der Waals surface area contributed by atoms with Crippen LogP contribution in [-0.2, 0) is 14.3 Å². The molecule has 2 aliphatic heterocycles. The fourth-order valence-corrected chi connectivity index (χ4v) is 2.43. The number of hydrogen-bond acceptors (Lipinski definition) is 3. The Kier molecular flexibility index (Phi) is 3.08. The molecule has 1 amide bonds. The number of nitrogens with one attached hydrogen (secondary N) is 1. The predicted octanol–water partition coefficient (Wildman–Crippen LogP) is 2.00. The Morgan fingerprint density at radius 2 is 1.70 bits per heavy atom. The summed E-state index contributed by atoms with van der Waals surface area (Å²) in [4.78, 5) is 23.5. The number of ether oxygens (including phenoxy) is 1. The first-order chi connectivity index (χ1) is 9.56. The quantitative estimate of drug-likeness (QED) is 0.835. The van der Waals surface area contributed by atoms with E-state index in [-0.39, 0.29) is 11.1 Å². The van der Waals surface area contributed by atoms with Crippen LogP contribution in [0.25, 0.3) is 0 Å². The zero-order valence-corrected chi connectivity index (χ0v) is 10.9. The van der Waals surface area contributed by atoms with Crippen LogP contribution in [0.3, 0.4) is 0 Å². The number of carboxylic acid groups (broad SMARTS) is 1. The summed E-state index contributed by atoms with van der Waals surface area (Å²) in [5, 5.41) is 12.4. The topological polar surface area (TPSA) is 75.6 Å². The number of carbonyl (C=O) groups excluding carboxylic acids is 1. The minimum atomic E-state index is -1.14. The highest BCUT2D eigenvalue weighted by atomic mass is 35.5. The molecule has 0 saturated carbocycles. The largest absolute Gasteiger partial charge is 0.478 e. The van der Waals surface area contributed by atoms with Gasteiger partial charge in [-0.1, -0.05) is 23.8 Å². The fourth-order valence-electron chi connectivity index (χ4n) is 2.31. The number of anilines is 1. The van der Waals surface area contributed by atoms with Crippen molar-refractivity contribution in [3.63, 3.8) is 0 Å². The molecule has 6 heteroatoms. The van der Waals surface area contributed by atoms with Crippen molar-refractivity contribution >= 4 is 29.2 Å². The van der Waals surface area contributed by atoms with Crippen LogP contribution in [0.15, 0.2) is 47.6 Å². The number of amides is 1. The van der Waals surface area contributed by atoms with E-state index >= 15 is 0 Å². The molecule has 102 valence electrons. The van der Waals surface area contributed by atoms with Crippen LogP contribution >= 0.6 is 11.6 Å². The van der Waals surface area contributed by atoms with Gasteiger partial charge in [0.2, 0.25) is 0 Å². The van der Waals surface area contributed by atoms with Gasteiger partial charge in [0.25, 0.3) is 5.91 Å². The Hall–Kier alpha value is -2.11. The Balaban J connectivity index is 1.86. The van der Waals surface area contributed by atoms with E-state index in [0.29, 0.717) is 10.7 Å². The summed E-state index contributed by atoms with van der Waals surface area (Å²) < 4.78 is 5.39. The van der Waals surface area contributed by atoms with Gasteiger partial charge in [0.05, 0.1) is 11.1 Å². The van der Waals surface area contributed by atoms with Gasteiger partial charge in [0.15, 0.2) is 0 Å². The molecule has 2 bridgehead atoms. The van der Waals surface area contributed by atoms with Crippen molar-refractivity contribution in [1.82, 2.24) is 0 Å². The Morgan fingerprint density at radius 1 is 1.10 bits per heavy atom. The lowest BCUT2D eigenvalue weighted by molar-refractivity contribution is -0.133. The molecule has 1 aromatic rings. The minimum absolute atomic E-state index is 0.00367. The second-order valence-corrected chi connectivity index (χ2v) is 4.89. The maximum Gasteiger partial charge on any atom is 0.335 e. The van der Waals surface area contributed by atoms with Crippen LogP contribution < -0.4 is 5.32 Å². The van der Waals surface area contributed by atoms with Crippen LogP contribution in [0, 0.1) is 0 Å². The molecule has 0 spiro atoms. The van der Waals surface area contributed by atoms with E-state index in [2.05, 4.69) is 5.32 Å². The average Bonchev–Trinajstić information content (AvgIpc) is 3.01. The summed E-state index contributed by atoms with van der Waals surface area (Å²) in [6.07, 6.45) is 2.11. The number of carboxylic acids is 1. The maximum absolute atomic E-state index is 12.2. The van der Waals surface area contributed by atoms with E-state index in [4.69, 9.17) is 16.3 Å². The summed E-state index contributed by atoms with van der Waals surface area (Å²) in [7, 11) is 0. The lowest BCUT2D eigenvalue weighted by Gasteiger charge is -2.11. The lowest BCUT2D eigenvalue weighted by atomic mass is 9.96. The molecule has 2 aliphatic rings. The van der Waals surface area contributed by atoms with Gasteiger partial charge >= 0.3 is 5.97 Å². The second kappa shape index (κ2) is 4.77. The van der Waals surface area contributed by atoms with Gasteiger partial charge in [-0.15, -0.1) is 0 Å². The number of fused-ring (bicyclic) bond motifs is 2. The van der Waals surface area contributed by atoms with Crippen molar-refractivity contribution in [2.75, 3.05) is 5.32 Å². The van der Waals surface area contributed by atoms with Crippen molar-refractivity contribution in [2.24, 2.45) is 0 Å². The molecule has 0 saturated heterocycles. The maximum atomic E-state index is 12.2. The third kappa shape index (κ3) is 2.11. The number of hydrogen-bond donors (Lipinski definition) is 2. The first kappa shape index (κ1) is 12.9. The van der Waals surface area contributed by atoms with Gasteiger partial charge in [0.1, 0.15) is 12.2 Å². The molecular formula is C14H10ClNO4. The second-order valence-electron chi connectivity index (χ2n) is 4.46. The van der Waals surface area contributed by atoms with E-state index in [1.54, 1.807) is 36.4 Å². The number of benzene rings is 1. The summed E-state index contributed by atoms with van der Waals surface area (Å²) in [6, 6.07) is 6.57. The van der Waals surface area contributed by atoms with Gasteiger partial charge in [-0.3, -0.25) is 4.79 Å². The van der Waals surface area contributed by atoms with Crippen LogP contribution in [0.4, 0.5) is 5.69 Å². The Morgan fingerprint density at radius 3 is 2.30 bits per heavy atom. The molecule has 1 aromatic carbocycles. The Bertz CT molecular complexity index is 648. The summed E-state index contributed by atoms with van der Waals surface area (Å²) in [5.41, 5.74) is 0.701. The van der Waals surface area contributed by atoms with E-state index < -0.39 is 24.1 Å². The van der Waals surface area contributed by atoms with Gasteiger partial charge in [-0.05, 0) is 24.3 Å². The molecule has 2 N–H and O–H groups in total. The molecule has 0 fully saturated rings. The number of rotatable bonds is 3. The molecule has 5 nitrogen and oxygen atoms in total. The number of aliphatic carboxylic acids is 1. The zero-order valence-electron chi connectivity index (χ0n) is 10.2. The fraction of sp³-hybridized carbons (Fsp3) is 0.143. The van der Waals surface area contributed by atoms with Crippen LogP contribution in [0.2, 0.25) is 5.02 Å². The minimum Gasteiger partial charge on any atom is -0.478 e. The van der Waals surface area contributed by atoms with E-state index in [1.807, 2.05) is 0 Å². The van der Waals surface area contributed by atoms with Gasteiger partial charge in [-0.2, -0.15) is 0 Å². The Labute approximate surface area is 119 Å². The summed E-state index contributed by atoms with van der Waals surface area (Å²) >= 11 is 5.76. The zero-order chi connectivity index (χ0) is 14.3. The van der Waals surface area contributed by atoms with Crippen molar-refractivity contribution in [2.45, 2.75) is 12.2 Å². The first-order valence-electron chi connectivity index (χ1n) is 5.94. The normalized spacial score (nSPS) is 23.2. The SMILES string of the molecule is O=C(O)C1=C(C(=O)Nc2ccc(Cl)cc2)[C@H]2C=C[C@@H]1O2. The third-order valence-electron chi connectivity index (χ3n) is 3.19.